The van der Waals surface area contributed by atoms with Crippen LogP contribution in [0.4, 0.5) is 11.9 Å². The molecule has 0 aromatic carbocycles. The van der Waals surface area contributed by atoms with Gasteiger partial charge in [-0.1, -0.05) is 11.6 Å². The number of rotatable bonds is 6. The third-order valence-corrected chi connectivity index (χ3v) is 5.35. The lowest BCUT2D eigenvalue weighted by atomic mass is 10.2. The molecule has 0 amide bonds. The van der Waals surface area contributed by atoms with E-state index >= 15 is 0 Å². The first-order valence-corrected chi connectivity index (χ1v) is 10.1. The molecule has 0 radical (unpaired) electrons. The van der Waals surface area contributed by atoms with Gasteiger partial charge in [0, 0.05) is 25.3 Å². The van der Waals surface area contributed by atoms with Gasteiger partial charge in [0.1, 0.15) is 5.15 Å². The number of fused-ring (bicyclic) bond motifs is 1. The molecule has 5 rings (SSSR count). The normalized spacial score (nSPS) is 17.0. The molecule has 10 nitrogen and oxygen atoms in total. The number of nitrogens with zero attached hydrogens (tertiary/aromatic N) is 7. The number of halogens is 1. The fourth-order valence-electron chi connectivity index (χ4n) is 3.71. The molecule has 11 heteroatoms. The molecule has 1 aliphatic rings. The Hall–Kier alpha value is -3.24. The summed E-state index contributed by atoms with van der Waals surface area (Å²) in [6.45, 7) is 2.56. The van der Waals surface area contributed by atoms with Gasteiger partial charge in [-0.2, -0.15) is 19.5 Å². The van der Waals surface area contributed by atoms with Gasteiger partial charge in [0.05, 0.1) is 6.26 Å². The number of likely N-dealkylation sites (tertiary alicyclic amines) is 1. The molecule has 4 aromatic heterocycles. The molecule has 30 heavy (non-hydrogen) atoms. The van der Waals surface area contributed by atoms with Crippen molar-refractivity contribution in [2.75, 3.05) is 24.1 Å². The highest BCUT2D eigenvalue weighted by Crippen LogP contribution is 2.22. The zero-order chi connectivity index (χ0) is 20.5. The Labute approximate surface area is 177 Å². The van der Waals surface area contributed by atoms with Crippen LogP contribution in [-0.2, 0) is 6.54 Å². The van der Waals surface area contributed by atoms with Crippen LogP contribution in [0.15, 0.2) is 41.1 Å². The van der Waals surface area contributed by atoms with Gasteiger partial charge in [-0.3, -0.25) is 4.90 Å². The van der Waals surface area contributed by atoms with Gasteiger partial charge in [0.2, 0.25) is 17.7 Å². The molecule has 5 heterocycles. The Bertz CT molecular complexity index is 1160. The van der Waals surface area contributed by atoms with Crippen LogP contribution < -0.4 is 11.1 Å². The van der Waals surface area contributed by atoms with Crippen molar-refractivity contribution in [1.29, 1.82) is 0 Å². The van der Waals surface area contributed by atoms with Crippen molar-refractivity contribution >= 4 is 29.3 Å². The summed E-state index contributed by atoms with van der Waals surface area (Å²) in [6, 6.07) is 7.81. The number of aromatic nitrogens is 6. The summed E-state index contributed by atoms with van der Waals surface area (Å²) in [5.74, 6) is 1.97. The van der Waals surface area contributed by atoms with Crippen LogP contribution >= 0.6 is 11.6 Å². The minimum Gasteiger partial charge on any atom is -0.461 e. The summed E-state index contributed by atoms with van der Waals surface area (Å²) in [6.07, 6.45) is 5.54. The van der Waals surface area contributed by atoms with Gasteiger partial charge in [0.15, 0.2) is 5.76 Å². The number of nitrogens with one attached hydrogen (secondary N) is 1. The summed E-state index contributed by atoms with van der Waals surface area (Å²) in [5.41, 5.74) is 7.21. The highest BCUT2D eigenvalue weighted by molar-refractivity contribution is 6.29. The maximum Gasteiger partial charge on any atom is 0.259 e. The van der Waals surface area contributed by atoms with E-state index in [2.05, 4.69) is 35.3 Å². The highest BCUT2D eigenvalue weighted by Gasteiger charge is 2.25. The third kappa shape index (κ3) is 3.79. The van der Waals surface area contributed by atoms with E-state index in [1.807, 2.05) is 12.1 Å². The zero-order valence-corrected chi connectivity index (χ0v) is 16.8. The molecule has 0 bridgehead atoms. The second-order valence-corrected chi connectivity index (χ2v) is 7.55. The number of pyridine rings is 1. The summed E-state index contributed by atoms with van der Waals surface area (Å²) >= 11 is 6.02. The SMILES string of the molecule is Nc1nc(NC[C@H]2CCCN2Cc2ccnc(Cl)c2)nc2nc(-c3ccco3)nn12. The largest absolute Gasteiger partial charge is 0.461 e. The highest BCUT2D eigenvalue weighted by atomic mass is 35.5. The molecule has 3 N–H and O–H groups in total. The lowest BCUT2D eigenvalue weighted by Crippen LogP contribution is -2.34. The van der Waals surface area contributed by atoms with E-state index < -0.39 is 0 Å². The molecule has 1 saturated heterocycles. The first-order valence-electron chi connectivity index (χ1n) is 9.68. The third-order valence-electron chi connectivity index (χ3n) is 5.15. The number of furan rings is 1. The molecule has 0 unspecified atom stereocenters. The Balaban J connectivity index is 1.29. The van der Waals surface area contributed by atoms with Crippen LogP contribution in [0, 0.1) is 0 Å². The molecule has 4 aromatic rings. The number of nitrogens with two attached hydrogens (primary N) is 1. The Morgan fingerprint density at radius 3 is 3.03 bits per heavy atom. The molecule has 1 atom stereocenters. The monoisotopic (exact) mass is 425 g/mol. The van der Waals surface area contributed by atoms with Crippen LogP contribution in [0.3, 0.4) is 0 Å². The van der Waals surface area contributed by atoms with Crippen molar-refractivity contribution in [3.05, 3.63) is 47.4 Å². The van der Waals surface area contributed by atoms with Gasteiger partial charge >= 0.3 is 0 Å². The Morgan fingerprint density at radius 2 is 2.20 bits per heavy atom. The predicted molar refractivity (Wildman–Crippen MR) is 112 cm³/mol. The van der Waals surface area contributed by atoms with Crippen molar-refractivity contribution in [2.24, 2.45) is 0 Å². The fourth-order valence-corrected chi connectivity index (χ4v) is 3.91. The first kappa shape index (κ1) is 18.8. The molecule has 0 spiro atoms. The van der Waals surface area contributed by atoms with Crippen LogP contribution in [0.1, 0.15) is 18.4 Å². The van der Waals surface area contributed by atoms with Gasteiger partial charge < -0.3 is 15.5 Å². The van der Waals surface area contributed by atoms with Crippen LogP contribution in [0.25, 0.3) is 17.4 Å². The molecule has 1 fully saturated rings. The lowest BCUT2D eigenvalue weighted by molar-refractivity contribution is 0.254. The van der Waals surface area contributed by atoms with Crippen LogP contribution in [0.5, 0.6) is 0 Å². The fraction of sp³-hybridized carbons (Fsp3) is 0.316. The van der Waals surface area contributed by atoms with Gasteiger partial charge in [0.25, 0.3) is 5.78 Å². The number of hydrogen-bond donors (Lipinski definition) is 2. The van der Waals surface area contributed by atoms with E-state index in [1.54, 1.807) is 24.6 Å². The summed E-state index contributed by atoms with van der Waals surface area (Å²) in [5, 5.41) is 8.13. The molecular formula is C19H20ClN9O. The number of anilines is 2. The van der Waals surface area contributed by atoms with Crippen LogP contribution in [0.2, 0.25) is 5.15 Å². The van der Waals surface area contributed by atoms with Crippen molar-refractivity contribution < 1.29 is 4.42 Å². The van der Waals surface area contributed by atoms with E-state index in [-0.39, 0.29) is 5.95 Å². The van der Waals surface area contributed by atoms with Crippen molar-refractivity contribution in [1.82, 2.24) is 34.4 Å². The average Bonchev–Trinajstić information content (AvgIpc) is 3.47. The van der Waals surface area contributed by atoms with Crippen molar-refractivity contribution in [3.63, 3.8) is 0 Å². The molecule has 154 valence electrons. The maximum absolute atomic E-state index is 6.06. The van der Waals surface area contributed by atoms with Crippen LogP contribution in [-0.4, -0.2) is 53.6 Å². The van der Waals surface area contributed by atoms with E-state index in [9.17, 15) is 0 Å². The minimum absolute atomic E-state index is 0.211. The number of nitrogen functional groups attached to an aromatic ring is 1. The summed E-state index contributed by atoms with van der Waals surface area (Å²) < 4.78 is 6.74. The smallest absolute Gasteiger partial charge is 0.259 e. The molecule has 1 aliphatic heterocycles. The lowest BCUT2D eigenvalue weighted by Gasteiger charge is -2.24. The van der Waals surface area contributed by atoms with E-state index in [1.165, 1.54) is 4.52 Å². The standard InChI is InChI=1S/C19H20ClN9O/c20-15-9-12(5-6-22-15)11-28-7-1-3-13(28)10-23-18-25-17(21)29-19(26-18)24-16(27-29)14-4-2-8-30-14/h2,4-6,8-9,13H,1,3,7,10-11H2,(H3,21,23,24,25,26,27)/t13-/m1/s1. The summed E-state index contributed by atoms with van der Waals surface area (Å²) in [7, 11) is 0. The van der Waals surface area contributed by atoms with Crippen molar-refractivity contribution in [3.8, 4) is 11.6 Å². The van der Waals surface area contributed by atoms with E-state index in [4.69, 9.17) is 21.8 Å². The first-order chi connectivity index (χ1) is 14.7. The molecular weight excluding hydrogens is 406 g/mol. The van der Waals surface area contributed by atoms with E-state index in [0.29, 0.717) is 41.1 Å². The quantitative estimate of drug-likeness (QED) is 0.448. The second-order valence-electron chi connectivity index (χ2n) is 7.16. The maximum atomic E-state index is 6.06. The van der Waals surface area contributed by atoms with E-state index in [0.717, 1.165) is 31.5 Å². The number of hydrogen-bond acceptors (Lipinski definition) is 9. The predicted octanol–water partition coefficient (Wildman–Crippen LogP) is 2.49. The van der Waals surface area contributed by atoms with Crippen molar-refractivity contribution in [2.45, 2.75) is 25.4 Å². The Kier molecular flexibility index (Phi) is 4.93. The molecule has 0 saturated carbocycles. The Morgan fingerprint density at radius 1 is 1.27 bits per heavy atom. The van der Waals surface area contributed by atoms with Gasteiger partial charge in [-0.25, -0.2) is 4.98 Å². The zero-order valence-electron chi connectivity index (χ0n) is 16.1. The molecule has 0 aliphatic carbocycles. The van der Waals surface area contributed by atoms with Gasteiger partial charge in [-0.15, -0.1) is 5.10 Å². The summed E-state index contributed by atoms with van der Waals surface area (Å²) in [4.78, 5) is 19.6. The minimum atomic E-state index is 0.211. The van der Waals surface area contributed by atoms with Gasteiger partial charge in [-0.05, 0) is 49.2 Å². The topological polar surface area (TPSA) is 123 Å². The second kappa shape index (κ2) is 7.88. The average molecular weight is 426 g/mol.